The predicted octanol–water partition coefficient (Wildman–Crippen LogP) is -1.41. The standard InChI is InChI=1S/C10H15FN2O5/c1-4-2-13(10(17)12-8(4)16)9-6(11)7(15)5(3-14)18-9/h4-7,9,14-15H,2-3H2,1H3,(H,12,16,17)/t4?,5-,6+,7-,9-/m1/s1. The lowest BCUT2D eigenvalue weighted by Crippen LogP contribution is -2.59. The molecule has 0 spiro atoms. The lowest BCUT2D eigenvalue weighted by Gasteiger charge is -2.34. The summed E-state index contributed by atoms with van der Waals surface area (Å²) < 4.78 is 18.9. The normalized spacial score (nSPS) is 41.1. The van der Waals surface area contributed by atoms with Gasteiger partial charge in [-0.2, -0.15) is 0 Å². The van der Waals surface area contributed by atoms with Crippen molar-refractivity contribution in [1.82, 2.24) is 10.2 Å². The van der Waals surface area contributed by atoms with E-state index in [9.17, 15) is 19.1 Å². The molecule has 2 heterocycles. The first kappa shape index (κ1) is 13.2. The number of carbonyl (C=O) groups is 2. The minimum atomic E-state index is -1.81. The van der Waals surface area contributed by atoms with Gasteiger partial charge in [0.15, 0.2) is 12.4 Å². The third-order valence-corrected chi connectivity index (χ3v) is 3.19. The Hall–Kier alpha value is -1.25. The van der Waals surface area contributed by atoms with Gasteiger partial charge < -0.3 is 14.9 Å². The average molecular weight is 262 g/mol. The summed E-state index contributed by atoms with van der Waals surface area (Å²) in [7, 11) is 0. The summed E-state index contributed by atoms with van der Waals surface area (Å²) in [6, 6.07) is -0.753. The van der Waals surface area contributed by atoms with Crippen molar-refractivity contribution in [3.05, 3.63) is 0 Å². The summed E-state index contributed by atoms with van der Waals surface area (Å²) in [6.07, 6.45) is -5.65. The van der Waals surface area contributed by atoms with Crippen molar-refractivity contribution in [3.63, 3.8) is 0 Å². The van der Waals surface area contributed by atoms with Gasteiger partial charge in [0.25, 0.3) is 0 Å². The maximum Gasteiger partial charge on any atom is 0.326 e. The highest BCUT2D eigenvalue weighted by molar-refractivity contribution is 5.97. The van der Waals surface area contributed by atoms with E-state index in [0.29, 0.717) is 0 Å². The molecule has 5 atom stereocenters. The molecule has 0 aromatic heterocycles. The number of amides is 3. The second kappa shape index (κ2) is 4.79. The summed E-state index contributed by atoms with van der Waals surface area (Å²) in [4.78, 5) is 23.9. The van der Waals surface area contributed by atoms with Crippen molar-refractivity contribution in [3.8, 4) is 0 Å². The van der Waals surface area contributed by atoms with E-state index < -0.39 is 49.1 Å². The minimum absolute atomic E-state index is 0.0145. The first-order valence-corrected chi connectivity index (χ1v) is 5.65. The molecule has 0 aromatic carbocycles. The van der Waals surface area contributed by atoms with Gasteiger partial charge in [0.2, 0.25) is 5.91 Å². The molecule has 2 fully saturated rings. The molecule has 0 bridgehead atoms. The molecule has 1 unspecified atom stereocenters. The fourth-order valence-corrected chi connectivity index (χ4v) is 2.09. The van der Waals surface area contributed by atoms with Gasteiger partial charge in [-0.1, -0.05) is 6.92 Å². The maximum absolute atomic E-state index is 13.8. The number of alkyl halides is 1. The summed E-state index contributed by atoms with van der Waals surface area (Å²) in [5, 5.41) is 20.5. The number of nitrogens with one attached hydrogen (secondary N) is 1. The SMILES string of the molecule is CC1CN([C@@H]2O[C@H](CO)[C@@H](O)[C@@H]2F)C(=O)NC1=O. The minimum Gasteiger partial charge on any atom is -0.394 e. The third-order valence-electron chi connectivity index (χ3n) is 3.19. The molecule has 2 aliphatic rings. The molecule has 102 valence electrons. The van der Waals surface area contributed by atoms with Crippen LogP contribution in [0.15, 0.2) is 0 Å². The van der Waals surface area contributed by atoms with Gasteiger partial charge in [-0.05, 0) is 0 Å². The van der Waals surface area contributed by atoms with Crippen LogP contribution >= 0.6 is 0 Å². The van der Waals surface area contributed by atoms with Crippen LogP contribution in [-0.4, -0.2) is 64.8 Å². The first-order valence-electron chi connectivity index (χ1n) is 5.65. The molecule has 2 aliphatic heterocycles. The number of hydrogen-bond acceptors (Lipinski definition) is 5. The fourth-order valence-electron chi connectivity index (χ4n) is 2.09. The zero-order chi connectivity index (χ0) is 13.4. The van der Waals surface area contributed by atoms with E-state index in [1.54, 1.807) is 6.92 Å². The van der Waals surface area contributed by atoms with Crippen LogP contribution in [0.3, 0.4) is 0 Å². The van der Waals surface area contributed by atoms with Crippen molar-refractivity contribution in [1.29, 1.82) is 0 Å². The van der Waals surface area contributed by atoms with Crippen LogP contribution in [0.5, 0.6) is 0 Å². The van der Waals surface area contributed by atoms with Gasteiger partial charge in [0.05, 0.1) is 12.5 Å². The molecule has 18 heavy (non-hydrogen) atoms. The summed E-state index contributed by atoms with van der Waals surface area (Å²) in [6.45, 7) is 1.07. The molecule has 0 aliphatic carbocycles. The van der Waals surface area contributed by atoms with Crippen LogP contribution in [0.25, 0.3) is 0 Å². The quantitative estimate of drug-likeness (QED) is 0.568. The molecule has 3 N–H and O–H groups in total. The van der Waals surface area contributed by atoms with Gasteiger partial charge in [0, 0.05) is 6.54 Å². The zero-order valence-electron chi connectivity index (χ0n) is 9.75. The Bertz CT molecular complexity index is 366. The number of imide groups is 1. The third kappa shape index (κ3) is 2.06. The second-order valence-electron chi connectivity index (χ2n) is 4.53. The Labute approximate surface area is 103 Å². The van der Waals surface area contributed by atoms with Crippen molar-refractivity contribution >= 4 is 11.9 Å². The van der Waals surface area contributed by atoms with E-state index >= 15 is 0 Å². The molecular formula is C10H15FN2O5. The highest BCUT2D eigenvalue weighted by Crippen LogP contribution is 2.28. The predicted molar refractivity (Wildman–Crippen MR) is 56.1 cm³/mol. The lowest BCUT2D eigenvalue weighted by molar-refractivity contribution is -0.129. The van der Waals surface area contributed by atoms with Crippen molar-refractivity contribution < 1.29 is 28.9 Å². The molecule has 0 aromatic rings. The van der Waals surface area contributed by atoms with E-state index in [4.69, 9.17) is 9.84 Å². The highest BCUT2D eigenvalue weighted by atomic mass is 19.1. The smallest absolute Gasteiger partial charge is 0.326 e. The monoisotopic (exact) mass is 262 g/mol. The molecule has 2 saturated heterocycles. The van der Waals surface area contributed by atoms with E-state index in [-0.39, 0.29) is 6.54 Å². The largest absolute Gasteiger partial charge is 0.394 e. The number of carbonyl (C=O) groups excluding carboxylic acids is 2. The summed E-state index contributed by atoms with van der Waals surface area (Å²) >= 11 is 0. The number of aliphatic hydroxyl groups is 2. The Morgan fingerprint density at radius 1 is 1.56 bits per heavy atom. The Balaban J connectivity index is 2.12. The highest BCUT2D eigenvalue weighted by Gasteiger charge is 2.49. The molecular weight excluding hydrogens is 247 g/mol. The number of rotatable bonds is 2. The number of ether oxygens (including phenoxy) is 1. The Kier molecular flexibility index (Phi) is 3.51. The lowest BCUT2D eigenvalue weighted by atomic mass is 10.1. The van der Waals surface area contributed by atoms with Gasteiger partial charge in [0.1, 0.15) is 12.2 Å². The van der Waals surface area contributed by atoms with Crippen LogP contribution < -0.4 is 5.32 Å². The van der Waals surface area contributed by atoms with Crippen LogP contribution in [0.4, 0.5) is 9.18 Å². The van der Waals surface area contributed by atoms with E-state index in [1.807, 2.05) is 0 Å². The molecule has 0 radical (unpaired) electrons. The molecule has 2 rings (SSSR count). The second-order valence-corrected chi connectivity index (χ2v) is 4.53. The number of aliphatic hydroxyl groups excluding tert-OH is 2. The van der Waals surface area contributed by atoms with Crippen molar-refractivity contribution in [2.24, 2.45) is 5.92 Å². The van der Waals surface area contributed by atoms with Gasteiger partial charge in [-0.25, -0.2) is 9.18 Å². The maximum atomic E-state index is 13.8. The van der Waals surface area contributed by atoms with Crippen LogP contribution in [-0.2, 0) is 9.53 Å². The zero-order valence-corrected chi connectivity index (χ0v) is 9.75. The average Bonchev–Trinajstić information content (AvgIpc) is 2.61. The molecule has 3 amide bonds. The number of halogens is 1. The van der Waals surface area contributed by atoms with E-state index in [2.05, 4.69) is 5.32 Å². The number of hydrogen-bond donors (Lipinski definition) is 3. The summed E-state index contributed by atoms with van der Waals surface area (Å²) in [5.41, 5.74) is 0. The number of urea groups is 1. The van der Waals surface area contributed by atoms with E-state index in [1.165, 1.54) is 0 Å². The van der Waals surface area contributed by atoms with Crippen molar-refractivity contribution in [2.75, 3.05) is 13.2 Å². The van der Waals surface area contributed by atoms with Crippen LogP contribution in [0.1, 0.15) is 6.92 Å². The van der Waals surface area contributed by atoms with Crippen LogP contribution in [0.2, 0.25) is 0 Å². The Morgan fingerprint density at radius 2 is 2.22 bits per heavy atom. The molecule has 8 heteroatoms. The molecule has 0 saturated carbocycles. The molecule has 7 nitrogen and oxygen atoms in total. The first-order chi connectivity index (χ1) is 8.45. The fraction of sp³-hybridized carbons (Fsp3) is 0.800. The summed E-state index contributed by atoms with van der Waals surface area (Å²) in [5.74, 6) is -0.910. The van der Waals surface area contributed by atoms with Crippen LogP contribution in [0, 0.1) is 5.92 Å². The van der Waals surface area contributed by atoms with Crippen molar-refractivity contribution in [2.45, 2.75) is 31.5 Å². The number of nitrogens with zero attached hydrogens (tertiary/aromatic N) is 1. The van der Waals surface area contributed by atoms with Gasteiger partial charge >= 0.3 is 6.03 Å². The van der Waals surface area contributed by atoms with Gasteiger partial charge in [-0.3, -0.25) is 15.0 Å². The van der Waals surface area contributed by atoms with Gasteiger partial charge in [-0.15, -0.1) is 0 Å². The van der Waals surface area contributed by atoms with E-state index in [0.717, 1.165) is 4.90 Å². The topological polar surface area (TPSA) is 99.1 Å². The Morgan fingerprint density at radius 3 is 2.78 bits per heavy atom.